The molecule has 2 heterocycles. The third-order valence-corrected chi connectivity index (χ3v) is 9.07. The molecule has 0 unspecified atom stereocenters. The van der Waals surface area contributed by atoms with Gasteiger partial charge in [0.2, 0.25) is 5.69 Å². The van der Waals surface area contributed by atoms with E-state index in [2.05, 4.69) is 131 Å². The maximum Gasteiger partial charge on any atom is 0.211 e. The second kappa shape index (κ2) is 8.95. The van der Waals surface area contributed by atoms with E-state index < -0.39 is 0 Å². The van der Waals surface area contributed by atoms with Crippen molar-refractivity contribution in [1.82, 2.24) is 4.57 Å². The molecule has 0 spiro atoms. The molecule has 0 N–H and O–H groups in total. The summed E-state index contributed by atoms with van der Waals surface area (Å²) in [6.45, 7) is 8.04. The van der Waals surface area contributed by atoms with Gasteiger partial charge in [-0.15, -0.1) is 11.3 Å². The zero-order valence-corrected chi connectivity index (χ0v) is 22.3. The Labute approximate surface area is 235 Å². The lowest BCUT2D eigenvalue weighted by Crippen LogP contribution is -1.97. The fraction of sp³-hybridized carbons (Fsp3) is 0. The lowest BCUT2D eigenvalue weighted by atomic mass is 9.97. The Hall–Kier alpha value is -5.17. The van der Waals surface area contributed by atoms with Crippen LogP contribution < -0.4 is 0 Å². The number of thiophene rings is 1. The molecule has 8 rings (SSSR count). The van der Waals surface area contributed by atoms with Crippen LogP contribution in [0.2, 0.25) is 0 Å². The normalized spacial score (nSPS) is 11.5. The van der Waals surface area contributed by atoms with Crippen molar-refractivity contribution in [1.29, 1.82) is 0 Å². The summed E-state index contributed by atoms with van der Waals surface area (Å²) in [5.74, 6) is 0. The van der Waals surface area contributed by atoms with Gasteiger partial charge in [0, 0.05) is 30.9 Å². The van der Waals surface area contributed by atoms with Crippen LogP contribution in [0.15, 0.2) is 133 Å². The lowest BCUT2D eigenvalue weighted by molar-refractivity contribution is 1.19. The van der Waals surface area contributed by atoms with Crippen LogP contribution in [-0.4, -0.2) is 4.57 Å². The fourth-order valence-electron chi connectivity index (χ4n) is 6.06. The monoisotopic (exact) mass is 526 g/mol. The summed E-state index contributed by atoms with van der Waals surface area (Å²) in [5.41, 5.74) is 8.37. The highest BCUT2D eigenvalue weighted by molar-refractivity contribution is 7.26. The average molecular weight is 527 g/mol. The van der Waals surface area contributed by atoms with Gasteiger partial charge >= 0.3 is 0 Å². The minimum Gasteiger partial charge on any atom is -0.318 e. The van der Waals surface area contributed by atoms with E-state index in [-0.39, 0.29) is 0 Å². The third-order valence-electron chi connectivity index (χ3n) is 7.85. The third kappa shape index (κ3) is 3.34. The van der Waals surface area contributed by atoms with E-state index in [1.165, 1.54) is 42.1 Å². The summed E-state index contributed by atoms with van der Waals surface area (Å²) in [4.78, 5) is 3.98. The van der Waals surface area contributed by atoms with Crippen LogP contribution in [0.3, 0.4) is 0 Å². The van der Waals surface area contributed by atoms with E-state index in [9.17, 15) is 0 Å². The van der Waals surface area contributed by atoms with Gasteiger partial charge < -0.3 is 4.57 Å². The minimum atomic E-state index is 0.642. The molecular formula is C37H22N2S. The summed E-state index contributed by atoms with van der Waals surface area (Å²) < 4.78 is 4.89. The molecule has 0 saturated carbocycles. The largest absolute Gasteiger partial charge is 0.318 e. The van der Waals surface area contributed by atoms with Crippen LogP contribution in [0.25, 0.3) is 74.8 Å². The van der Waals surface area contributed by atoms with Crippen LogP contribution in [0.1, 0.15) is 0 Å². The highest BCUT2D eigenvalue weighted by atomic mass is 32.1. The summed E-state index contributed by atoms with van der Waals surface area (Å²) in [6.07, 6.45) is 0. The van der Waals surface area contributed by atoms with Crippen molar-refractivity contribution in [2.45, 2.75) is 0 Å². The Bertz CT molecular complexity index is 2220. The number of aromatic nitrogens is 1. The van der Waals surface area contributed by atoms with Gasteiger partial charge in [0.25, 0.3) is 0 Å². The number of nitrogens with zero attached hydrogens (tertiary/aromatic N) is 2. The van der Waals surface area contributed by atoms with Crippen LogP contribution in [0, 0.1) is 6.57 Å². The predicted molar refractivity (Wildman–Crippen MR) is 171 cm³/mol. The van der Waals surface area contributed by atoms with Gasteiger partial charge in [0.05, 0.1) is 23.3 Å². The van der Waals surface area contributed by atoms with Gasteiger partial charge in [-0.1, -0.05) is 115 Å². The van der Waals surface area contributed by atoms with Crippen LogP contribution in [0.5, 0.6) is 0 Å². The SMILES string of the molecule is [C-]#[N+]c1cccc(-c2ccc(-c3cccc4c3sc3ccccc34)cc2)c1-n1c2ccccc2c2ccccc21. The van der Waals surface area contributed by atoms with E-state index in [4.69, 9.17) is 6.57 Å². The zero-order valence-electron chi connectivity index (χ0n) is 21.5. The molecule has 8 aromatic rings. The van der Waals surface area contributed by atoms with Crippen molar-refractivity contribution in [3.8, 4) is 27.9 Å². The van der Waals surface area contributed by atoms with Crippen molar-refractivity contribution in [3.63, 3.8) is 0 Å². The van der Waals surface area contributed by atoms with Gasteiger partial charge in [-0.05, 0) is 40.5 Å². The Morgan fingerprint density at radius 1 is 0.500 bits per heavy atom. The topological polar surface area (TPSA) is 9.29 Å². The molecule has 0 atom stereocenters. The molecule has 0 aliphatic heterocycles. The maximum atomic E-state index is 8.04. The first-order valence-corrected chi connectivity index (χ1v) is 14.1. The average Bonchev–Trinajstić information content (AvgIpc) is 3.57. The van der Waals surface area contributed by atoms with E-state index in [0.717, 1.165) is 27.8 Å². The molecular weight excluding hydrogens is 504 g/mol. The molecule has 0 aliphatic carbocycles. The van der Waals surface area contributed by atoms with Crippen molar-refractivity contribution in [2.75, 3.05) is 0 Å². The van der Waals surface area contributed by atoms with Gasteiger partial charge in [-0.25, -0.2) is 4.85 Å². The molecule has 0 radical (unpaired) electrons. The first kappa shape index (κ1) is 22.8. The maximum absolute atomic E-state index is 8.04. The van der Waals surface area contributed by atoms with Gasteiger partial charge in [0.15, 0.2) is 0 Å². The quantitative estimate of drug-likeness (QED) is 0.203. The molecule has 2 nitrogen and oxygen atoms in total. The van der Waals surface area contributed by atoms with Gasteiger partial charge in [0.1, 0.15) is 0 Å². The van der Waals surface area contributed by atoms with E-state index in [1.54, 1.807) is 0 Å². The second-order valence-corrected chi connectivity index (χ2v) is 11.1. The Balaban J connectivity index is 1.33. The molecule has 0 bridgehead atoms. The van der Waals surface area contributed by atoms with Crippen molar-refractivity contribution >= 4 is 59.0 Å². The van der Waals surface area contributed by atoms with E-state index >= 15 is 0 Å². The molecule has 186 valence electrons. The molecule has 0 fully saturated rings. The molecule has 0 amide bonds. The zero-order chi connectivity index (χ0) is 26.6. The minimum absolute atomic E-state index is 0.642. The van der Waals surface area contributed by atoms with Crippen LogP contribution >= 0.6 is 11.3 Å². The highest BCUT2D eigenvalue weighted by Crippen LogP contribution is 2.43. The van der Waals surface area contributed by atoms with Gasteiger partial charge in [-0.3, -0.25) is 0 Å². The van der Waals surface area contributed by atoms with Crippen molar-refractivity contribution in [2.24, 2.45) is 0 Å². The van der Waals surface area contributed by atoms with Crippen LogP contribution in [0.4, 0.5) is 5.69 Å². The standard InChI is InChI=1S/C37H22N2S/c1-38-32-16-9-13-26(36(32)39-33-17-5-2-10-28(33)29-11-3-6-18-34(29)39)24-20-22-25(23-21-24)27-14-8-15-31-30-12-4-7-19-35(30)40-37(27)31/h2-23H. The van der Waals surface area contributed by atoms with Crippen molar-refractivity contribution in [3.05, 3.63) is 145 Å². The molecule has 0 saturated heterocycles. The summed E-state index contributed by atoms with van der Waals surface area (Å²) in [7, 11) is 0. The summed E-state index contributed by atoms with van der Waals surface area (Å²) in [5, 5.41) is 5.00. The molecule has 40 heavy (non-hydrogen) atoms. The summed E-state index contributed by atoms with van der Waals surface area (Å²) in [6, 6.07) is 47.0. The van der Waals surface area contributed by atoms with Gasteiger partial charge in [-0.2, -0.15) is 0 Å². The first-order chi connectivity index (χ1) is 19.8. The predicted octanol–water partition coefficient (Wildman–Crippen LogP) is 11.0. The first-order valence-electron chi connectivity index (χ1n) is 13.3. The second-order valence-electron chi connectivity index (χ2n) is 10.0. The highest BCUT2D eigenvalue weighted by Gasteiger charge is 2.18. The number of para-hydroxylation sites is 3. The number of rotatable bonds is 3. The molecule has 3 heteroatoms. The smallest absolute Gasteiger partial charge is 0.211 e. The number of hydrogen-bond acceptors (Lipinski definition) is 1. The van der Waals surface area contributed by atoms with E-state index in [1.807, 2.05) is 23.5 Å². The Morgan fingerprint density at radius 2 is 1.05 bits per heavy atom. The number of benzene rings is 6. The Morgan fingerprint density at radius 3 is 1.75 bits per heavy atom. The number of fused-ring (bicyclic) bond motifs is 6. The van der Waals surface area contributed by atoms with Crippen LogP contribution in [-0.2, 0) is 0 Å². The Kier molecular flexibility index (Phi) is 5.10. The molecule has 0 aliphatic rings. The summed E-state index contributed by atoms with van der Waals surface area (Å²) >= 11 is 1.85. The lowest BCUT2D eigenvalue weighted by Gasteiger charge is -2.16. The number of hydrogen-bond donors (Lipinski definition) is 0. The molecule has 2 aromatic heterocycles. The fourth-order valence-corrected chi connectivity index (χ4v) is 7.30. The molecule has 6 aromatic carbocycles. The van der Waals surface area contributed by atoms with E-state index in [0.29, 0.717) is 5.69 Å². The van der Waals surface area contributed by atoms with Crippen molar-refractivity contribution < 1.29 is 0 Å².